The van der Waals surface area contributed by atoms with Crippen molar-refractivity contribution in [2.45, 2.75) is 32.6 Å². The summed E-state index contributed by atoms with van der Waals surface area (Å²) in [7, 11) is 1.40. The average molecular weight is 285 g/mol. The summed E-state index contributed by atoms with van der Waals surface area (Å²) in [4.78, 5) is 16.3. The molecule has 2 heterocycles. The normalized spacial score (nSPS) is 15.7. The highest BCUT2D eigenvalue weighted by Gasteiger charge is 2.20. The van der Waals surface area contributed by atoms with Crippen LogP contribution in [0.15, 0.2) is 6.07 Å². The number of nitrogens with zero attached hydrogens (tertiary/aromatic N) is 1. The third-order valence-electron chi connectivity index (χ3n) is 3.56. The number of methoxy groups -OCH3 is 1. The third kappa shape index (κ3) is 3.45. The molecule has 5 heteroatoms. The highest BCUT2D eigenvalue weighted by Crippen LogP contribution is 2.26. The van der Waals surface area contributed by atoms with Gasteiger partial charge < -0.3 is 10.1 Å². The first kappa shape index (κ1) is 15.9. The summed E-state index contributed by atoms with van der Waals surface area (Å²) < 4.78 is 4.79. The first-order chi connectivity index (χ1) is 8.63. The fourth-order valence-electron chi connectivity index (χ4n) is 2.60. The number of esters is 1. The van der Waals surface area contributed by atoms with Crippen LogP contribution in [0, 0.1) is 13.8 Å². The molecule has 0 aromatic carbocycles. The molecule has 1 aromatic heterocycles. The second-order valence-corrected chi connectivity index (χ2v) is 4.84. The maximum absolute atomic E-state index is 11.7. The number of rotatable bonds is 2. The van der Waals surface area contributed by atoms with Crippen molar-refractivity contribution in [1.82, 2.24) is 10.3 Å². The first-order valence-electron chi connectivity index (χ1n) is 6.40. The van der Waals surface area contributed by atoms with Crippen molar-refractivity contribution in [3.63, 3.8) is 0 Å². The van der Waals surface area contributed by atoms with E-state index in [2.05, 4.69) is 10.3 Å². The lowest BCUT2D eigenvalue weighted by Gasteiger charge is -2.23. The van der Waals surface area contributed by atoms with Gasteiger partial charge in [0.25, 0.3) is 0 Å². The fraction of sp³-hybridized carbons (Fsp3) is 0.571. The molecule has 0 radical (unpaired) electrons. The van der Waals surface area contributed by atoms with E-state index < -0.39 is 0 Å². The molecule has 106 valence electrons. The van der Waals surface area contributed by atoms with E-state index in [9.17, 15) is 4.79 Å². The van der Waals surface area contributed by atoms with Gasteiger partial charge >= 0.3 is 5.97 Å². The zero-order chi connectivity index (χ0) is 13.1. The van der Waals surface area contributed by atoms with E-state index in [1.165, 1.54) is 7.11 Å². The lowest BCUT2D eigenvalue weighted by molar-refractivity contribution is 0.0598. The van der Waals surface area contributed by atoms with Crippen LogP contribution in [0.4, 0.5) is 0 Å². The molecule has 1 fully saturated rings. The Kier molecular flexibility index (Phi) is 5.76. The Balaban J connectivity index is 0.00000180. The molecular formula is C14H21ClN2O2. The summed E-state index contributed by atoms with van der Waals surface area (Å²) in [6, 6.07) is 2.04. The van der Waals surface area contributed by atoms with Crippen LogP contribution in [0.25, 0.3) is 0 Å². The molecule has 1 aliphatic heterocycles. The molecule has 1 aromatic rings. The monoisotopic (exact) mass is 284 g/mol. The van der Waals surface area contributed by atoms with E-state index in [-0.39, 0.29) is 18.4 Å². The molecule has 1 N–H and O–H groups in total. The fourth-order valence-corrected chi connectivity index (χ4v) is 2.60. The van der Waals surface area contributed by atoms with Crippen LogP contribution in [-0.4, -0.2) is 31.2 Å². The smallest absolute Gasteiger partial charge is 0.339 e. The van der Waals surface area contributed by atoms with Crippen molar-refractivity contribution in [2.75, 3.05) is 20.2 Å². The predicted octanol–water partition coefficient (Wildman–Crippen LogP) is 2.37. The lowest BCUT2D eigenvalue weighted by Crippen LogP contribution is -2.27. The summed E-state index contributed by atoms with van der Waals surface area (Å²) in [5.41, 5.74) is 3.45. The van der Waals surface area contributed by atoms with E-state index in [4.69, 9.17) is 4.74 Å². The summed E-state index contributed by atoms with van der Waals surface area (Å²) in [6.07, 6.45) is 2.23. The zero-order valence-electron chi connectivity index (χ0n) is 11.7. The number of ether oxygens (including phenoxy) is 1. The standard InChI is InChI=1S/C14H20N2O2.ClH/c1-9-8-12(11-4-6-15-7-5-11)16-10(2)13(9)14(17)18-3;/h8,11,15H,4-7H2,1-3H3;1H. The number of aromatic nitrogens is 1. The molecular weight excluding hydrogens is 264 g/mol. The Morgan fingerprint density at radius 3 is 2.53 bits per heavy atom. The molecule has 2 rings (SSSR count). The molecule has 1 saturated heterocycles. The molecule has 0 bridgehead atoms. The van der Waals surface area contributed by atoms with E-state index in [1.54, 1.807) is 0 Å². The van der Waals surface area contributed by atoms with Gasteiger partial charge in [0.2, 0.25) is 0 Å². The number of carbonyl (C=O) groups excluding carboxylic acids is 1. The topological polar surface area (TPSA) is 51.2 Å². The van der Waals surface area contributed by atoms with Crippen LogP contribution in [0.5, 0.6) is 0 Å². The second kappa shape index (κ2) is 6.87. The van der Waals surface area contributed by atoms with Crippen molar-refractivity contribution >= 4 is 18.4 Å². The van der Waals surface area contributed by atoms with Crippen molar-refractivity contribution < 1.29 is 9.53 Å². The third-order valence-corrected chi connectivity index (χ3v) is 3.56. The number of halogens is 1. The quantitative estimate of drug-likeness (QED) is 0.847. The number of hydrogen-bond acceptors (Lipinski definition) is 4. The molecule has 19 heavy (non-hydrogen) atoms. The number of piperidine rings is 1. The van der Waals surface area contributed by atoms with Crippen LogP contribution >= 0.6 is 12.4 Å². The van der Waals surface area contributed by atoms with E-state index >= 15 is 0 Å². The highest BCUT2D eigenvalue weighted by molar-refractivity contribution is 5.92. The number of pyridine rings is 1. The molecule has 4 nitrogen and oxygen atoms in total. The van der Waals surface area contributed by atoms with Gasteiger partial charge in [0, 0.05) is 11.6 Å². The first-order valence-corrected chi connectivity index (χ1v) is 6.40. The number of aryl methyl sites for hydroxylation is 2. The van der Waals surface area contributed by atoms with Crippen LogP contribution < -0.4 is 5.32 Å². The Bertz CT molecular complexity index is 434. The number of carbonyl (C=O) groups is 1. The van der Waals surface area contributed by atoms with Gasteiger partial charge in [-0.2, -0.15) is 0 Å². The lowest BCUT2D eigenvalue weighted by atomic mass is 9.92. The van der Waals surface area contributed by atoms with Gasteiger partial charge in [-0.1, -0.05) is 0 Å². The second-order valence-electron chi connectivity index (χ2n) is 4.84. The minimum atomic E-state index is -0.297. The van der Waals surface area contributed by atoms with Crippen LogP contribution in [0.2, 0.25) is 0 Å². The highest BCUT2D eigenvalue weighted by atomic mass is 35.5. The Morgan fingerprint density at radius 2 is 2.00 bits per heavy atom. The molecule has 0 aliphatic carbocycles. The van der Waals surface area contributed by atoms with Gasteiger partial charge in [-0.3, -0.25) is 4.98 Å². The van der Waals surface area contributed by atoms with Crippen LogP contribution in [-0.2, 0) is 4.74 Å². The minimum absolute atomic E-state index is 0. The summed E-state index contributed by atoms with van der Waals surface area (Å²) in [5.74, 6) is 0.213. The summed E-state index contributed by atoms with van der Waals surface area (Å²) in [6.45, 7) is 5.92. The van der Waals surface area contributed by atoms with Crippen molar-refractivity contribution in [2.24, 2.45) is 0 Å². The Hall–Kier alpha value is -1.13. The largest absolute Gasteiger partial charge is 0.465 e. The predicted molar refractivity (Wildman–Crippen MR) is 77.1 cm³/mol. The van der Waals surface area contributed by atoms with Gasteiger partial charge in [0.05, 0.1) is 18.4 Å². The van der Waals surface area contributed by atoms with Gasteiger partial charge in [-0.05, 0) is 51.4 Å². The number of nitrogens with one attached hydrogen (secondary N) is 1. The maximum Gasteiger partial charge on any atom is 0.339 e. The van der Waals surface area contributed by atoms with E-state index in [1.807, 2.05) is 19.9 Å². The molecule has 1 aliphatic rings. The van der Waals surface area contributed by atoms with Crippen molar-refractivity contribution in [3.05, 3.63) is 28.6 Å². The van der Waals surface area contributed by atoms with Gasteiger partial charge in [-0.25, -0.2) is 4.79 Å². The van der Waals surface area contributed by atoms with E-state index in [0.29, 0.717) is 11.5 Å². The van der Waals surface area contributed by atoms with Gasteiger partial charge in [0.15, 0.2) is 0 Å². The number of hydrogen-bond donors (Lipinski definition) is 1. The molecule has 0 amide bonds. The van der Waals surface area contributed by atoms with Crippen LogP contribution in [0.3, 0.4) is 0 Å². The molecule has 0 saturated carbocycles. The molecule has 0 spiro atoms. The van der Waals surface area contributed by atoms with Gasteiger partial charge in [0.1, 0.15) is 0 Å². The Morgan fingerprint density at radius 1 is 1.37 bits per heavy atom. The molecule has 0 unspecified atom stereocenters. The van der Waals surface area contributed by atoms with Crippen LogP contribution in [0.1, 0.15) is 46.1 Å². The van der Waals surface area contributed by atoms with Crippen molar-refractivity contribution in [1.29, 1.82) is 0 Å². The Labute approximate surface area is 120 Å². The maximum atomic E-state index is 11.7. The summed E-state index contributed by atoms with van der Waals surface area (Å²) in [5, 5.41) is 3.35. The zero-order valence-corrected chi connectivity index (χ0v) is 12.5. The van der Waals surface area contributed by atoms with E-state index in [0.717, 1.165) is 42.9 Å². The summed E-state index contributed by atoms with van der Waals surface area (Å²) >= 11 is 0. The minimum Gasteiger partial charge on any atom is -0.465 e. The van der Waals surface area contributed by atoms with Crippen molar-refractivity contribution in [3.8, 4) is 0 Å². The SMILES string of the molecule is COC(=O)c1c(C)cc(C2CCNCC2)nc1C.Cl. The molecule has 0 atom stereocenters. The average Bonchev–Trinajstić information content (AvgIpc) is 2.38. The van der Waals surface area contributed by atoms with Gasteiger partial charge in [-0.15, -0.1) is 12.4 Å².